The minimum absolute atomic E-state index is 0.0354. The van der Waals surface area contributed by atoms with Crippen LogP contribution in [0.5, 0.6) is 0 Å². The Balaban J connectivity index is 2.61. The minimum Gasteiger partial charge on any atom is -0.481 e. The number of carboxylic acids is 1. The SMILES string of the molecule is CCN(CCC(=O)O)CCn1c([N+](=O)[O-])cnc1C. The Morgan fingerprint density at radius 2 is 2.26 bits per heavy atom. The number of aromatic nitrogens is 2. The molecule has 0 fully saturated rings. The maximum atomic E-state index is 10.8. The first kappa shape index (κ1) is 15.1. The highest BCUT2D eigenvalue weighted by Gasteiger charge is 2.18. The summed E-state index contributed by atoms with van der Waals surface area (Å²) < 4.78 is 1.53. The Hall–Kier alpha value is -1.96. The molecule has 19 heavy (non-hydrogen) atoms. The van der Waals surface area contributed by atoms with Crippen molar-refractivity contribution in [3.05, 3.63) is 22.1 Å². The molecular weight excluding hydrogens is 252 g/mol. The van der Waals surface area contributed by atoms with E-state index in [0.29, 0.717) is 32.0 Å². The Bertz CT molecular complexity index is 458. The highest BCUT2D eigenvalue weighted by Crippen LogP contribution is 2.13. The maximum Gasteiger partial charge on any atom is 0.342 e. The van der Waals surface area contributed by atoms with Gasteiger partial charge in [-0.3, -0.25) is 9.69 Å². The lowest BCUT2D eigenvalue weighted by Gasteiger charge is -2.18. The smallest absolute Gasteiger partial charge is 0.342 e. The van der Waals surface area contributed by atoms with Gasteiger partial charge in [-0.15, -0.1) is 0 Å². The maximum absolute atomic E-state index is 10.8. The Morgan fingerprint density at radius 3 is 2.79 bits per heavy atom. The van der Waals surface area contributed by atoms with Gasteiger partial charge in [-0.2, -0.15) is 0 Å². The van der Waals surface area contributed by atoms with Gasteiger partial charge in [-0.05, 0) is 11.5 Å². The van der Waals surface area contributed by atoms with Gasteiger partial charge in [0.1, 0.15) is 12.7 Å². The third-order valence-corrected chi connectivity index (χ3v) is 2.95. The van der Waals surface area contributed by atoms with Crippen molar-refractivity contribution in [1.29, 1.82) is 0 Å². The molecule has 1 aromatic heterocycles. The summed E-state index contributed by atoms with van der Waals surface area (Å²) in [6.07, 6.45) is 1.31. The first-order valence-electron chi connectivity index (χ1n) is 6.06. The number of aryl methyl sites for hydroxylation is 1. The summed E-state index contributed by atoms with van der Waals surface area (Å²) in [5.41, 5.74) is 0. The van der Waals surface area contributed by atoms with E-state index in [1.165, 1.54) is 10.8 Å². The molecule has 0 saturated heterocycles. The number of carboxylic acid groups (broad SMARTS) is 1. The number of hydrogen-bond acceptors (Lipinski definition) is 5. The van der Waals surface area contributed by atoms with Crippen LogP contribution in [0.25, 0.3) is 0 Å². The van der Waals surface area contributed by atoms with Gasteiger partial charge < -0.3 is 15.2 Å². The number of likely N-dealkylation sites (N-methyl/N-ethyl adjacent to an activating group) is 1. The summed E-state index contributed by atoms with van der Waals surface area (Å²) in [5, 5.41) is 19.5. The van der Waals surface area contributed by atoms with Crippen molar-refractivity contribution in [3.8, 4) is 0 Å². The van der Waals surface area contributed by atoms with Crippen LogP contribution in [-0.4, -0.2) is 50.1 Å². The Labute approximate surface area is 110 Å². The average Bonchev–Trinajstić information content (AvgIpc) is 2.71. The normalized spacial score (nSPS) is 10.9. The van der Waals surface area contributed by atoms with Gasteiger partial charge in [0.25, 0.3) is 0 Å². The molecule has 0 amide bonds. The standard InChI is InChI=1S/C11H18N4O4/c1-3-13(5-4-11(16)17)6-7-14-9(2)12-8-10(14)15(18)19/h8H,3-7H2,1-2H3,(H,16,17). The summed E-state index contributed by atoms with van der Waals surface area (Å²) >= 11 is 0. The zero-order valence-corrected chi connectivity index (χ0v) is 11.1. The predicted octanol–water partition coefficient (Wildman–Crippen LogP) is 0.896. The van der Waals surface area contributed by atoms with Gasteiger partial charge in [0.15, 0.2) is 5.82 Å². The largest absolute Gasteiger partial charge is 0.481 e. The number of rotatable bonds is 8. The molecule has 0 atom stereocenters. The number of aliphatic carboxylic acids is 1. The fourth-order valence-electron chi connectivity index (χ4n) is 1.80. The lowest BCUT2D eigenvalue weighted by molar-refractivity contribution is -0.392. The summed E-state index contributed by atoms with van der Waals surface area (Å²) in [5.74, 6) is -0.295. The molecule has 1 aromatic rings. The van der Waals surface area contributed by atoms with Crippen LogP contribution < -0.4 is 0 Å². The topological polar surface area (TPSA) is 102 Å². The highest BCUT2D eigenvalue weighted by molar-refractivity contribution is 5.66. The van der Waals surface area contributed by atoms with Crippen LogP contribution in [0.4, 0.5) is 5.82 Å². The van der Waals surface area contributed by atoms with Gasteiger partial charge in [0.05, 0.1) is 6.42 Å². The Kier molecular flexibility index (Phi) is 5.43. The van der Waals surface area contributed by atoms with E-state index >= 15 is 0 Å². The molecule has 1 rings (SSSR count). The first-order valence-corrected chi connectivity index (χ1v) is 6.06. The third kappa shape index (κ3) is 4.32. The van der Waals surface area contributed by atoms with E-state index in [-0.39, 0.29) is 12.2 Å². The van der Waals surface area contributed by atoms with Gasteiger partial charge in [0, 0.05) is 20.0 Å². The second kappa shape index (κ2) is 6.83. The number of carbonyl (C=O) groups is 1. The van der Waals surface area contributed by atoms with Crippen LogP contribution in [0.1, 0.15) is 19.2 Å². The molecule has 1 N–H and O–H groups in total. The molecule has 8 nitrogen and oxygen atoms in total. The molecule has 0 aromatic carbocycles. The lowest BCUT2D eigenvalue weighted by atomic mass is 10.3. The van der Waals surface area contributed by atoms with Gasteiger partial charge in [-0.25, -0.2) is 9.55 Å². The van der Waals surface area contributed by atoms with E-state index in [0.717, 1.165) is 0 Å². The van der Waals surface area contributed by atoms with Crippen LogP contribution >= 0.6 is 0 Å². The van der Waals surface area contributed by atoms with E-state index in [9.17, 15) is 14.9 Å². The molecule has 8 heteroatoms. The van der Waals surface area contributed by atoms with Crippen molar-refractivity contribution in [2.24, 2.45) is 0 Å². The quantitative estimate of drug-likeness (QED) is 0.556. The van der Waals surface area contributed by atoms with Crippen molar-refractivity contribution < 1.29 is 14.8 Å². The van der Waals surface area contributed by atoms with E-state index in [2.05, 4.69) is 4.98 Å². The van der Waals surface area contributed by atoms with Crippen LogP contribution in [-0.2, 0) is 11.3 Å². The fraction of sp³-hybridized carbons (Fsp3) is 0.636. The Morgan fingerprint density at radius 1 is 1.58 bits per heavy atom. The summed E-state index contributed by atoms with van der Waals surface area (Å²) in [6.45, 7) is 5.76. The van der Waals surface area contributed by atoms with Gasteiger partial charge >= 0.3 is 11.8 Å². The third-order valence-electron chi connectivity index (χ3n) is 2.95. The lowest BCUT2D eigenvalue weighted by Crippen LogP contribution is -2.30. The second-order valence-corrected chi connectivity index (χ2v) is 4.15. The van der Waals surface area contributed by atoms with Crippen LogP contribution in [0.15, 0.2) is 6.20 Å². The van der Waals surface area contributed by atoms with Crippen molar-refractivity contribution in [2.45, 2.75) is 26.8 Å². The zero-order valence-electron chi connectivity index (χ0n) is 11.1. The van der Waals surface area contributed by atoms with Crippen molar-refractivity contribution >= 4 is 11.8 Å². The molecule has 0 bridgehead atoms. The number of nitrogens with zero attached hydrogens (tertiary/aromatic N) is 4. The monoisotopic (exact) mass is 270 g/mol. The van der Waals surface area contributed by atoms with E-state index in [4.69, 9.17) is 5.11 Å². The first-order chi connectivity index (χ1) is 8.95. The predicted molar refractivity (Wildman–Crippen MR) is 68.0 cm³/mol. The molecule has 106 valence electrons. The highest BCUT2D eigenvalue weighted by atomic mass is 16.6. The van der Waals surface area contributed by atoms with Gasteiger partial charge in [-0.1, -0.05) is 6.92 Å². The van der Waals surface area contributed by atoms with E-state index in [1.54, 1.807) is 6.92 Å². The zero-order chi connectivity index (χ0) is 14.4. The van der Waals surface area contributed by atoms with E-state index < -0.39 is 10.9 Å². The number of hydrogen-bond donors (Lipinski definition) is 1. The fourth-order valence-corrected chi connectivity index (χ4v) is 1.80. The average molecular weight is 270 g/mol. The van der Waals surface area contributed by atoms with Crippen molar-refractivity contribution in [1.82, 2.24) is 14.5 Å². The molecule has 0 unspecified atom stereocenters. The molecule has 0 spiro atoms. The molecule has 0 aliphatic carbocycles. The van der Waals surface area contributed by atoms with Crippen LogP contribution in [0.3, 0.4) is 0 Å². The summed E-state index contributed by atoms with van der Waals surface area (Å²) in [7, 11) is 0. The molecule has 0 aliphatic heterocycles. The number of imidazole rings is 1. The van der Waals surface area contributed by atoms with Gasteiger partial charge in [0.2, 0.25) is 0 Å². The molecular formula is C11H18N4O4. The van der Waals surface area contributed by atoms with Crippen LogP contribution in [0.2, 0.25) is 0 Å². The molecule has 0 aliphatic rings. The van der Waals surface area contributed by atoms with E-state index in [1.807, 2.05) is 11.8 Å². The number of nitro groups is 1. The van der Waals surface area contributed by atoms with Crippen LogP contribution in [0, 0.1) is 17.0 Å². The summed E-state index contributed by atoms with van der Waals surface area (Å²) in [6, 6.07) is 0. The van der Waals surface area contributed by atoms with Crippen molar-refractivity contribution in [3.63, 3.8) is 0 Å². The van der Waals surface area contributed by atoms with Crippen molar-refractivity contribution in [2.75, 3.05) is 19.6 Å². The second-order valence-electron chi connectivity index (χ2n) is 4.15. The minimum atomic E-state index is -0.844. The summed E-state index contributed by atoms with van der Waals surface area (Å²) in [4.78, 5) is 26.7. The molecule has 1 heterocycles. The molecule has 0 saturated carbocycles. The molecule has 0 radical (unpaired) electrons.